The van der Waals surface area contributed by atoms with Gasteiger partial charge in [0.1, 0.15) is 11.5 Å². The van der Waals surface area contributed by atoms with Gasteiger partial charge < -0.3 is 0 Å². The standard InChI is InChI=1S/C11H13ClO3S/c1-2-5-9(13)8-16(14,15)11-7-4-3-6-10(11)12/h3-4,6-7H,2,5,8H2,1H3. The molecule has 3 nitrogen and oxygen atoms in total. The highest BCUT2D eigenvalue weighted by Gasteiger charge is 2.20. The third-order valence-electron chi connectivity index (χ3n) is 2.05. The minimum absolute atomic E-state index is 0.0288. The molecule has 0 unspecified atom stereocenters. The molecular weight excluding hydrogens is 248 g/mol. The number of sulfone groups is 1. The first-order valence-electron chi connectivity index (χ1n) is 4.96. The molecule has 0 aliphatic heterocycles. The van der Waals surface area contributed by atoms with E-state index in [-0.39, 0.29) is 22.1 Å². The second-order valence-electron chi connectivity index (χ2n) is 3.48. The first-order chi connectivity index (χ1) is 7.47. The fourth-order valence-electron chi connectivity index (χ4n) is 1.34. The van der Waals surface area contributed by atoms with Crippen molar-refractivity contribution < 1.29 is 13.2 Å². The maximum Gasteiger partial charge on any atom is 0.186 e. The van der Waals surface area contributed by atoms with Crippen LogP contribution in [-0.4, -0.2) is 20.0 Å². The summed E-state index contributed by atoms with van der Waals surface area (Å²) in [7, 11) is -3.59. The lowest BCUT2D eigenvalue weighted by Crippen LogP contribution is -2.16. The molecule has 0 spiro atoms. The van der Waals surface area contributed by atoms with Crippen LogP contribution < -0.4 is 0 Å². The number of ketones is 1. The molecule has 1 aromatic carbocycles. The smallest absolute Gasteiger partial charge is 0.186 e. The molecule has 0 saturated heterocycles. The van der Waals surface area contributed by atoms with Crippen molar-refractivity contribution in [2.75, 3.05) is 5.75 Å². The molecule has 0 aromatic heterocycles. The third-order valence-corrected chi connectivity index (χ3v) is 4.22. The van der Waals surface area contributed by atoms with Gasteiger partial charge in [-0.1, -0.05) is 30.7 Å². The van der Waals surface area contributed by atoms with Crippen molar-refractivity contribution in [1.29, 1.82) is 0 Å². The molecule has 16 heavy (non-hydrogen) atoms. The molecule has 0 fully saturated rings. The monoisotopic (exact) mass is 260 g/mol. The highest BCUT2D eigenvalue weighted by molar-refractivity contribution is 7.92. The normalized spacial score (nSPS) is 11.4. The van der Waals surface area contributed by atoms with Gasteiger partial charge in [0.15, 0.2) is 9.84 Å². The Labute approximate surface area is 100 Å². The van der Waals surface area contributed by atoms with Crippen LogP contribution in [0.15, 0.2) is 29.2 Å². The van der Waals surface area contributed by atoms with Crippen molar-refractivity contribution >= 4 is 27.2 Å². The molecule has 88 valence electrons. The molecule has 1 rings (SSSR count). The predicted octanol–water partition coefficient (Wildman–Crippen LogP) is 2.48. The summed E-state index contributed by atoms with van der Waals surface area (Å²) >= 11 is 5.78. The minimum atomic E-state index is -3.59. The predicted molar refractivity (Wildman–Crippen MR) is 63.4 cm³/mol. The molecule has 0 saturated carbocycles. The molecule has 1 aromatic rings. The quantitative estimate of drug-likeness (QED) is 0.817. The van der Waals surface area contributed by atoms with Crippen molar-refractivity contribution in [2.45, 2.75) is 24.7 Å². The minimum Gasteiger partial charge on any atom is -0.299 e. The number of hydrogen-bond donors (Lipinski definition) is 0. The highest BCUT2D eigenvalue weighted by atomic mass is 35.5. The van der Waals surface area contributed by atoms with Crippen LogP contribution in [0.3, 0.4) is 0 Å². The van der Waals surface area contributed by atoms with Crippen LogP contribution in [0.1, 0.15) is 19.8 Å². The lowest BCUT2D eigenvalue weighted by molar-refractivity contribution is -0.116. The Morgan fingerprint density at radius 3 is 2.50 bits per heavy atom. The Balaban J connectivity index is 2.95. The Morgan fingerprint density at radius 2 is 1.94 bits per heavy atom. The van der Waals surface area contributed by atoms with Gasteiger partial charge in [-0.2, -0.15) is 0 Å². The molecule has 0 N–H and O–H groups in total. The van der Waals surface area contributed by atoms with Gasteiger partial charge in [-0.05, 0) is 18.6 Å². The summed E-state index contributed by atoms with van der Waals surface area (Å²) < 4.78 is 23.7. The van der Waals surface area contributed by atoms with E-state index in [1.54, 1.807) is 12.1 Å². The molecule has 0 radical (unpaired) electrons. The van der Waals surface area contributed by atoms with E-state index in [9.17, 15) is 13.2 Å². The van der Waals surface area contributed by atoms with E-state index in [2.05, 4.69) is 0 Å². The Bertz CT molecular complexity index is 480. The largest absolute Gasteiger partial charge is 0.299 e. The highest BCUT2D eigenvalue weighted by Crippen LogP contribution is 2.21. The zero-order chi connectivity index (χ0) is 12.2. The number of hydrogen-bond acceptors (Lipinski definition) is 3. The van der Waals surface area contributed by atoms with Crippen LogP contribution in [0.5, 0.6) is 0 Å². The molecule has 0 heterocycles. The number of Topliss-reactive ketones (excluding diaryl/α,β-unsaturated/α-hetero) is 1. The lowest BCUT2D eigenvalue weighted by Gasteiger charge is -2.04. The molecule has 0 bridgehead atoms. The fraction of sp³-hybridized carbons (Fsp3) is 0.364. The number of carbonyl (C=O) groups is 1. The fourth-order valence-corrected chi connectivity index (χ4v) is 3.20. The number of carbonyl (C=O) groups excluding carboxylic acids is 1. The van der Waals surface area contributed by atoms with E-state index < -0.39 is 15.6 Å². The van der Waals surface area contributed by atoms with Crippen molar-refractivity contribution in [3.05, 3.63) is 29.3 Å². The van der Waals surface area contributed by atoms with Gasteiger partial charge in [0.2, 0.25) is 0 Å². The molecule has 0 amide bonds. The van der Waals surface area contributed by atoms with E-state index in [0.717, 1.165) is 0 Å². The Kier molecular flexibility index (Phi) is 4.50. The Morgan fingerprint density at radius 1 is 1.31 bits per heavy atom. The van der Waals surface area contributed by atoms with E-state index >= 15 is 0 Å². The van der Waals surface area contributed by atoms with Gasteiger partial charge in [0.05, 0.1) is 9.92 Å². The summed E-state index contributed by atoms with van der Waals surface area (Å²) in [6.45, 7) is 1.83. The van der Waals surface area contributed by atoms with Crippen molar-refractivity contribution in [2.24, 2.45) is 0 Å². The third kappa shape index (κ3) is 3.32. The number of benzene rings is 1. The van der Waals surface area contributed by atoms with Gasteiger partial charge in [0, 0.05) is 6.42 Å². The second kappa shape index (κ2) is 5.46. The first kappa shape index (κ1) is 13.2. The zero-order valence-electron chi connectivity index (χ0n) is 8.94. The van der Waals surface area contributed by atoms with Crippen molar-refractivity contribution in [3.8, 4) is 0 Å². The molecule has 0 atom stereocenters. The van der Waals surface area contributed by atoms with Crippen LogP contribution >= 0.6 is 11.6 Å². The summed E-state index contributed by atoms with van der Waals surface area (Å²) in [6.07, 6.45) is 0.931. The van der Waals surface area contributed by atoms with Gasteiger partial charge in [0.25, 0.3) is 0 Å². The maximum atomic E-state index is 11.8. The van der Waals surface area contributed by atoms with E-state index in [0.29, 0.717) is 6.42 Å². The topological polar surface area (TPSA) is 51.2 Å². The van der Waals surface area contributed by atoms with Crippen LogP contribution in [0, 0.1) is 0 Å². The Hall–Kier alpha value is -0.870. The second-order valence-corrected chi connectivity index (χ2v) is 5.84. The molecule has 5 heteroatoms. The molecule has 0 aliphatic rings. The van der Waals surface area contributed by atoms with Gasteiger partial charge >= 0.3 is 0 Å². The summed E-state index contributed by atoms with van der Waals surface area (Å²) in [6, 6.07) is 6.15. The summed E-state index contributed by atoms with van der Waals surface area (Å²) in [5.41, 5.74) is 0. The summed E-state index contributed by atoms with van der Waals surface area (Å²) in [5, 5.41) is 0.159. The van der Waals surface area contributed by atoms with Crippen LogP contribution in [0.4, 0.5) is 0 Å². The number of halogens is 1. The first-order valence-corrected chi connectivity index (χ1v) is 6.99. The van der Waals surface area contributed by atoms with Gasteiger partial charge in [-0.15, -0.1) is 0 Å². The average molecular weight is 261 g/mol. The van der Waals surface area contributed by atoms with Gasteiger partial charge in [-0.3, -0.25) is 4.79 Å². The lowest BCUT2D eigenvalue weighted by atomic mass is 10.3. The average Bonchev–Trinajstić information content (AvgIpc) is 2.17. The molecule has 0 aliphatic carbocycles. The van der Waals surface area contributed by atoms with E-state index in [1.807, 2.05) is 6.92 Å². The van der Waals surface area contributed by atoms with Crippen LogP contribution in [0.25, 0.3) is 0 Å². The number of rotatable bonds is 5. The van der Waals surface area contributed by atoms with E-state index in [1.165, 1.54) is 12.1 Å². The maximum absolute atomic E-state index is 11.8. The molecular formula is C11H13ClO3S. The SMILES string of the molecule is CCCC(=O)CS(=O)(=O)c1ccccc1Cl. The summed E-state index contributed by atoms with van der Waals surface area (Å²) in [4.78, 5) is 11.3. The van der Waals surface area contributed by atoms with E-state index in [4.69, 9.17) is 11.6 Å². The van der Waals surface area contributed by atoms with Crippen molar-refractivity contribution in [1.82, 2.24) is 0 Å². The van der Waals surface area contributed by atoms with Gasteiger partial charge in [-0.25, -0.2) is 8.42 Å². The van der Waals surface area contributed by atoms with Crippen LogP contribution in [0.2, 0.25) is 5.02 Å². The van der Waals surface area contributed by atoms with Crippen molar-refractivity contribution in [3.63, 3.8) is 0 Å². The van der Waals surface area contributed by atoms with Crippen LogP contribution in [-0.2, 0) is 14.6 Å². The zero-order valence-corrected chi connectivity index (χ0v) is 10.5. The summed E-state index contributed by atoms with van der Waals surface area (Å²) in [5.74, 6) is -0.743.